The Labute approximate surface area is 176 Å². The SMILES string of the molecule is CC(=O)Nc1cc(C(=O)N2CCN(c3ncc(C(F)(F)F)cc3Cl)CC2)ccc1C. The summed E-state index contributed by atoms with van der Waals surface area (Å²) in [6.45, 7) is 4.72. The van der Waals surface area contributed by atoms with Crippen LogP contribution >= 0.6 is 11.6 Å². The highest BCUT2D eigenvalue weighted by Gasteiger charge is 2.32. The summed E-state index contributed by atoms with van der Waals surface area (Å²) in [6, 6.07) is 5.96. The van der Waals surface area contributed by atoms with E-state index in [1.807, 2.05) is 6.92 Å². The highest BCUT2D eigenvalue weighted by atomic mass is 35.5. The molecule has 1 aliphatic rings. The largest absolute Gasteiger partial charge is 0.417 e. The van der Waals surface area contributed by atoms with Gasteiger partial charge in [-0.15, -0.1) is 0 Å². The Morgan fingerprint density at radius 2 is 1.80 bits per heavy atom. The van der Waals surface area contributed by atoms with Crippen molar-refractivity contribution in [2.45, 2.75) is 20.0 Å². The van der Waals surface area contributed by atoms with Gasteiger partial charge in [-0.2, -0.15) is 13.2 Å². The van der Waals surface area contributed by atoms with Crippen LogP contribution in [0.3, 0.4) is 0 Å². The first-order chi connectivity index (χ1) is 14.1. The zero-order valence-electron chi connectivity index (χ0n) is 16.4. The molecule has 1 aromatic heterocycles. The molecule has 0 spiro atoms. The molecule has 160 valence electrons. The van der Waals surface area contributed by atoms with Crippen LogP contribution < -0.4 is 10.2 Å². The van der Waals surface area contributed by atoms with Crippen LogP contribution in [-0.4, -0.2) is 47.9 Å². The summed E-state index contributed by atoms with van der Waals surface area (Å²) in [6.07, 6.45) is -3.75. The van der Waals surface area contributed by atoms with Gasteiger partial charge in [0.1, 0.15) is 5.82 Å². The number of nitrogens with zero attached hydrogens (tertiary/aromatic N) is 3. The minimum absolute atomic E-state index is 0.0805. The van der Waals surface area contributed by atoms with Crippen LogP contribution in [0.5, 0.6) is 0 Å². The van der Waals surface area contributed by atoms with Gasteiger partial charge in [0.05, 0.1) is 10.6 Å². The number of rotatable bonds is 3. The number of aromatic nitrogens is 1. The molecule has 2 amide bonds. The van der Waals surface area contributed by atoms with Crippen molar-refractivity contribution in [2.75, 3.05) is 36.4 Å². The third-order valence-electron chi connectivity index (χ3n) is 4.81. The van der Waals surface area contributed by atoms with Gasteiger partial charge < -0.3 is 15.1 Å². The average Bonchev–Trinajstić information content (AvgIpc) is 2.68. The molecule has 0 unspecified atom stereocenters. The third kappa shape index (κ3) is 4.84. The van der Waals surface area contributed by atoms with E-state index >= 15 is 0 Å². The number of pyridine rings is 1. The number of carbonyl (C=O) groups excluding carboxylic acids is 2. The summed E-state index contributed by atoms with van der Waals surface area (Å²) in [5.74, 6) is -0.148. The van der Waals surface area contributed by atoms with Crippen LogP contribution in [0.15, 0.2) is 30.5 Å². The summed E-state index contributed by atoms with van der Waals surface area (Å²) >= 11 is 6.02. The lowest BCUT2D eigenvalue weighted by molar-refractivity contribution is -0.137. The molecule has 0 saturated carbocycles. The van der Waals surface area contributed by atoms with Crippen LogP contribution in [0.25, 0.3) is 0 Å². The molecule has 0 radical (unpaired) electrons. The maximum atomic E-state index is 12.8. The summed E-state index contributed by atoms with van der Waals surface area (Å²) in [4.78, 5) is 31.5. The fraction of sp³-hybridized carbons (Fsp3) is 0.350. The Morgan fingerprint density at radius 3 is 2.37 bits per heavy atom. The van der Waals surface area contributed by atoms with Gasteiger partial charge in [-0.25, -0.2) is 4.98 Å². The topological polar surface area (TPSA) is 65.5 Å². The maximum Gasteiger partial charge on any atom is 0.417 e. The normalized spacial score (nSPS) is 14.6. The molecule has 0 aliphatic carbocycles. The van der Waals surface area contributed by atoms with Crippen LogP contribution in [0.4, 0.5) is 24.7 Å². The van der Waals surface area contributed by atoms with Crippen LogP contribution in [0.1, 0.15) is 28.4 Å². The lowest BCUT2D eigenvalue weighted by Gasteiger charge is -2.36. The van der Waals surface area contributed by atoms with E-state index in [-0.39, 0.29) is 22.7 Å². The first-order valence-electron chi connectivity index (χ1n) is 9.21. The molecule has 1 saturated heterocycles. The summed E-state index contributed by atoms with van der Waals surface area (Å²) in [7, 11) is 0. The van der Waals surface area contributed by atoms with Gasteiger partial charge >= 0.3 is 6.18 Å². The van der Waals surface area contributed by atoms with Crippen LogP contribution in [0, 0.1) is 6.92 Å². The summed E-state index contributed by atoms with van der Waals surface area (Å²) in [5.41, 5.74) is 0.963. The number of nitrogens with one attached hydrogen (secondary N) is 1. The smallest absolute Gasteiger partial charge is 0.352 e. The molecule has 1 aliphatic heterocycles. The predicted octanol–water partition coefficient (Wildman–Crippen LogP) is 3.98. The fourth-order valence-corrected chi connectivity index (χ4v) is 3.49. The number of benzene rings is 1. The van der Waals surface area contributed by atoms with Crippen molar-refractivity contribution in [1.29, 1.82) is 0 Å². The lowest BCUT2D eigenvalue weighted by atomic mass is 10.1. The number of alkyl halides is 3. The van der Waals surface area contributed by atoms with Crippen molar-refractivity contribution in [2.24, 2.45) is 0 Å². The number of carbonyl (C=O) groups is 2. The van der Waals surface area contributed by atoms with Gasteiger partial charge in [0, 0.05) is 50.6 Å². The molecule has 0 bridgehead atoms. The van der Waals surface area contributed by atoms with Crippen molar-refractivity contribution in [3.8, 4) is 0 Å². The molecule has 0 atom stereocenters. The van der Waals surface area contributed by atoms with Crippen molar-refractivity contribution in [3.05, 3.63) is 52.2 Å². The highest BCUT2D eigenvalue weighted by Crippen LogP contribution is 2.33. The molecule has 2 aromatic rings. The van der Waals surface area contributed by atoms with E-state index < -0.39 is 11.7 Å². The number of piperazine rings is 1. The van der Waals surface area contributed by atoms with E-state index in [0.717, 1.165) is 17.8 Å². The quantitative estimate of drug-likeness (QED) is 0.784. The number of hydrogen-bond donors (Lipinski definition) is 1. The lowest BCUT2D eigenvalue weighted by Crippen LogP contribution is -2.49. The first-order valence-corrected chi connectivity index (χ1v) is 9.59. The van der Waals surface area contributed by atoms with Crippen molar-refractivity contribution >= 4 is 34.9 Å². The molecule has 30 heavy (non-hydrogen) atoms. The minimum Gasteiger partial charge on any atom is -0.352 e. The van der Waals surface area contributed by atoms with Crippen molar-refractivity contribution in [3.63, 3.8) is 0 Å². The standard InChI is InChI=1S/C20H20ClF3N4O2/c1-12-3-4-14(9-17(12)26-13(2)29)19(30)28-7-5-27(6-8-28)18-16(21)10-15(11-25-18)20(22,23)24/h3-4,9-11H,5-8H2,1-2H3,(H,26,29). The molecule has 3 rings (SSSR count). The Morgan fingerprint density at radius 1 is 1.13 bits per heavy atom. The number of anilines is 2. The number of hydrogen-bond acceptors (Lipinski definition) is 4. The van der Waals surface area contributed by atoms with Gasteiger partial charge in [-0.05, 0) is 30.7 Å². The Kier molecular flexibility index (Phi) is 6.21. The Bertz CT molecular complexity index is 973. The van der Waals surface area contributed by atoms with Gasteiger partial charge in [-0.3, -0.25) is 9.59 Å². The Balaban J connectivity index is 1.68. The average molecular weight is 441 g/mol. The molecular weight excluding hydrogens is 421 g/mol. The molecular formula is C20H20ClF3N4O2. The molecule has 6 nitrogen and oxygen atoms in total. The number of amides is 2. The zero-order chi connectivity index (χ0) is 22.1. The minimum atomic E-state index is -4.51. The number of halogens is 4. The fourth-order valence-electron chi connectivity index (χ4n) is 3.20. The van der Waals surface area contributed by atoms with E-state index in [1.54, 1.807) is 28.0 Å². The first kappa shape index (κ1) is 21.9. The molecule has 1 N–H and O–H groups in total. The van der Waals surface area contributed by atoms with Gasteiger partial charge in [0.15, 0.2) is 0 Å². The molecule has 10 heteroatoms. The summed E-state index contributed by atoms with van der Waals surface area (Å²) < 4.78 is 38.4. The number of aryl methyl sites for hydroxylation is 1. The van der Waals surface area contributed by atoms with Crippen LogP contribution in [0.2, 0.25) is 5.02 Å². The van der Waals surface area contributed by atoms with E-state index in [1.165, 1.54) is 6.92 Å². The monoisotopic (exact) mass is 440 g/mol. The second-order valence-corrected chi connectivity index (χ2v) is 7.42. The highest BCUT2D eigenvalue weighted by molar-refractivity contribution is 6.33. The maximum absolute atomic E-state index is 12.8. The van der Waals surface area contributed by atoms with Crippen molar-refractivity contribution in [1.82, 2.24) is 9.88 Å². The van der Waals surface area contributed by atoms with E-state index in [9.17, 15) is 22.8 Å². The van der Waals surface area contributed by atoms with Gasteiger partial charge in [-0.1, -0.05) is 17.7 Å². The molecule has 2 heterocycles. The van der Waals surface area contributed by atoms with E-state index in [2.05, 4.69) is 10.3 Å². The molecule has 1 fully saturated rings. The van der Waals surface area contributed by atoms with E-state index in [0.29, 0.717) is 37.4 Å². The van der Waals surface area contributed by atoms with Gasteiger partial charge in [0.25, 0.3) is 5.91 Å². The third-order valence-corrected chi connectivity index (χ3v) is 5.09. The van der Waals surface area contributed by atoms with Gasteiger partial charge in [0.2, 0.25) is 5.91 Å². The van der Waals surface area contributed by atoms with Crippen molar-refractivity contribution < 1.29 is 22.8 Å². The second kappa shape index (κ2) is 8.51. The summed E-state index contributed by atoms with van der Waals surface area (Å²) in [5, 5.41) is 2.62. The zero-order valence-corrected chi connectivity index (χ0v) is 17.1. The predicted molar refractivity (Wildman–Crippen MR) is 108 cm³/mol. The molecule has 1 aromatic carbocycles. The van der Waals surface area contributed by atoms with E-state index in [4.69, 9.17) is 11.6 Å². The Hall–Kier alpha value is -2.81. The second-order valence-electron chi connectivity index (χ2n) is 7.02. The van der Waals surface area contributed by atoms with Crippen LogP contribution in [-0.2, 0) is 11.0 Å².